The fourth-order valence-corrected chi connectivity index (χ4v) is 3.38. The largest absolute Gasteiger partial charge is 0.342 e. The van der Waals surface area contributed by atoms with Gasteiger partial charge in [0.2, 0.25) is 5.91 Å². The highest BCUT2D eigenvalue weighted by Crippen LogP contribution is 2.37. The molecule has 0 saturated carbocycles. The summed E-state index contributed by atoms with van der Waals surface area (Å²) in [6, 6.07) is 10.2. The maximum Gasteiger partial charge on any atom is 0.227 e. The van der Waals surface area contributed by atoms with Crippen LogP contribution < -0.4 is 5.73 Å². The molecule has 1 heterocycles. The number of hydrogen-bond donors (Lipinski definition) is 1. The summed E-state index contributed by atoms with van der Waals surface area (Å²) in [5, 5.41) is 0. The van der Waals surface area contributed by atoms with Gasteiger partial charge in [-0.1, -0.05) is 44.2 Å². The number of carbonyl (C=O) groups excluding carboxylic acids is 1. The van der Waals surface area contributed by atoms with E-state index >= 15 is 0 Å². The van der Waals surface area contributed by atoms with Crippen LogP contribution in [0, 0.1) is 11.3 Å². The number of hydrogen-bond acceptors (Lipinski definition) is 2. The molecule has 21 heavy (non-hydrogen) atoms. The second-order valence-corrected chi connectivity index (χ2v) is 6.34. The van der Waals surface area contributed by atoms with Crippen molar-refractivity contribution < 1.29 is 4.79 Å². The summed E-state index contributed by atoms with van der Waals surface area (Å²) < 4.78 is 0. The van der Waals surface area contributed by atoms with Crippen molar-refractivity contribution in [3.8, 4) is 0 Å². The molecule has 3 nitrogen and oxygen atoms in total. The molecule has 1 atom stereocenters. The standard InChI is InChI=1S/C18H28N2O/c1-3-18(4-2)10-11-20(14-18)17(21)16(13-19)12-15-8-6-5-7-9-15/h5-9,16H,3-4,10-14,19H2,1-2H3. The normalized spacial score (nSPS) is 18.7. The summed E-state index contributed by atoms with van der Waals surface area (Å²) in [6.45, 7) is 6.70. The molecule has 0 aliphatic carbocycles. The molecular formula is C18H28N2O. The van der Waals surface area contributed by atoms with Crippen LogP contribution in [0.15, 0.2) is 30.3 Å². The van der Waals surface area contributed by atoms with Crippen LogP contribution in [0.3, 0.4) is 0 Å². The van der Waals surface area contributed by atoms with Crippen LogP contribution in [0.2, 0.25) is 0 Å². The first-order valence-electron chi connectivity index (χ1n) is 8.17. The van der Waals surface area contributed by atoms with Crippen LogP contribution in [-0.2, 0) is 11.2 Å². The molecule has 0 bridgehead atoms. The Bertz CT molecular complexity index is 454. The number of rotatable bonds is 6. The van der Waals surface area contributed by atoms with Crippen LogP contribution in [0.25, 0.3) is 0 Å². The van der Waals surface area contributed by atoms with Crippen molar-refractivity contribution in [1.29, 1.82) is 0 Å². The van der Waals surface area contributed by atoms with Crippen LogP contribution in [0.4, 0.5) is 0 Å². The van der Waals surface area contributed by atoms with Crippen molar-refractivity contribution in [1.82, 2.24) is 4.90 Å². The summed E-state index contributed by atoms with van der Waals surface area (Å²) >= 11 is 0. The van der Waals surface area contributed by atoms with Gasteiger partial charge in [0, 0.05) is 19.6 Å². The third kappa shape index (κ3) is 3.65. The van der Waals surface area contributed by atoms with E-state index in [1.807, 2.05) is 23.1 Å². The van der Waals surface area contributed by atoms with Crippen molar-refractivity contribution in [2.75, 3.05) is 19.6 Å². The zero-order valence-corrected chi connectivity index (χ0v) is 13.3. The topological polar surface area (TPSA) is 46.3 Å². The lowest BCUT2D eigenvalue weighted by Crippen LogP contribution is -2.40. The molecule has 1 saturated heterocycles. The van der Waals surface area contributed by atoms with Crippen LogP contribution in [-0.4, -0.2) is 30.4 Å². The van der Waals surface area contributed by atoms with Crippen molar-refractivity contribution in [3.63, 3.8) is 0 Å². The van der Waals surface area contributed by atoms with Crippen LogP contribution in [0.1, 0.15) is 38.7 Å². The maximum atomic E-state index is 12.7. The van der Waals surface area contributed by atoms with E-state index < -0.39 is 0 Å². The number of amides is 1. The van der Waals surface area contributed by atoms with E-state index in [1.165, 1.54) is 5.56 Å². The van der Waals surface area contributed by atoms with E-state index in [0.717, 1.165) is 38.8 Å². The van der Waals surface area contributed by atoms with Crippen molar-refractivity contribution in [2.24, 2.45) is 17.1 Å². The Balaban J connectivity index is 2.01. The van der Waals surface area contributed by atoms with Gasteiger partial charge in [0.05, 0.1) is 5.92 Å². The number of carbonyl (C=O) groups is 1. The summed E-state index contributed by atoms with van der Waals surface area (Å²) in [6.07, 6.45) is 4.19. The van der Waals surface area contributed by atoms with Crippen LogP contribution >= 0.6 is 0 Å². The number of likely N-dealkylation sites (tertiary alicyclic amines) is 1. The lowest BCUT2D eigenvalue weighted by atomic mass is 9.82. The van der Waals surface area contributed by atoms with Gasteiger partial charge >= 0.3 is 0 Å². The van der Waals surface area contributed by atoms with Gasteiger partial charge in [-0.3, -0.25) is 4.79 Å². The molecular weight excluding hydrogens is 260 g/mol. The minimum absolute atomic E-state index is 0.0862. The predicted molar refractivity (Wildman–Crippen MR) is 86.9 cm³/mol. The second-order valence-electron chi connectivity index (χ2n) is 6.34. The fraction of sp³-hybridized carbons (Fsp3) is 0.611. The van der Waals surface area contributed by atoms with E-state index in [1.54, 1.807) is 0 Å². The number of benzene rings is 1. The van der Waals surface area contributed by atoms with Gasteiger partial charge in [-0.25, -0.2) is 0 Å². The highest BCUT2D eigenvalue weighted by molar-refractivity contribution is 5.79. The first kappa shape index (κ1) is 16.0. The van der Waals surface area contributed by atoms with Gasteiger partial charge < -0.3 is 10.6 Å². The summed E-state index contributed by atoms with van der Waals surface area (Å²) in [4.78, 5) is 14.8. The van der Waals surface area contributed by atoms with E-state index in [0.29, 0.717) is 12.0 Å². The van der Waals surface area contributed by atoms with Gasteiger partial charge in [-0.15, -0.1) is 0 Å². The second kappa shape index (κ2) is 7.08. The monoisotopic (exact) mass is 288 g/mol. The highest BCUT2D eigenvalue weighted by atomic mass is 16.2. The molecule has 1 amide bonds. The van der Waals surface area contributed by atoms with Gasteiger partial charge in [0.15, 0.2) is 0 Å². The third-order valence-electron chi connectivity index (χ3n) is 5.21. The molecule has 116 valence electrons. The Kier molecular flexibility index (Phi) is 5.40. The number of nitrogens with two attached hydrogens (primary N) is 1. The Morgan fingerprint density at radius 2 is 1.95 bits per heavy atom. The smallest absolute Gasteiger partial charge is 0.227 e. The molecule has 1 aromatic carbocycles. The Morgan fingerprint density at radius 1 is 1.29 bits per heavy atom. The minimum atomic E-state index is -0.0862. The molecule has 0 radical (unpaired) electrons. The highest BCUT2D eigenvalue weighted by Gasteiger charge is 2.38. The molecule has 2 rings (SSSR count). The van der Waals surface area contributed by atoms with E-state index in [4.69, 9.17) is 5.73 Å². The van der Waals surface area contributed by atoms with E-state index in [-0.39, 0.29) is 11.8 Å². The van der Waals surface area contributed by atoms with Gasteiger partial charge in [0.1, 0.15) is 0 Å². The first-order valence-corrected chi connectivity index (χ1v) is 8.17. The van der Waals surface area contributed by atoms with Gasteiger partial charge in [0.25, 0.3) is 0 Å². The molecule has 3 heteroatoms. The zero-order chi connectivity index (χ0) is 15.3. The maximum absolute atomic E-state index is 12.7. The Labute approximate surface area is 128 Å². The minimum Gasteiger partial charge on any atom is -0.342 e. The SMILES string of the molecule is CCC1(CC)CCN(C(=O)C(CN)Cc2ccccc2)C1. The van der Waals surface area contributed by atoms with E-state index in [9.17, 15) is 4.79 Å². The molecule has 0 spiro atoms. The molecule has 1 aliphatic rings. The van der Waals surface area contributed by atoms with Crippen molar-refractivity contribution >= 4 is 5.91 Å². The predicted octanol–water partition coefficient (Wildman–Crippen LogP) is 2.84. The lowest BCUT2D eigenvalue weighted by Gasteiger charge is -2.28. The summed E-state index contributed by atoms with van der Waals surface area (Å²) in [5.74, 6) is 0.155. The first-order chi connectivity index (χ1) is 10.1. The zero-order valence-electron chi connectivity index (χ0n) is 13.3. The quantitative estimate of drug-likeness (QED) is 0.875. The molecule has 1 fully saturated rings. The Morgan fingerprint density at radius 3 is 2.48 bits per heavy atom. The molecule has 1 aliphatic heterocycles. The lowest BCUT2D eigenvalue weighted by molar-refractivity contribution is -0.134. The molecule has 1 unspecified atom stereocenters. The van der Waals surface area contributed by atoms with Crippen molar-refractivity contribution in [2.45, 2.75) is 39.5 Å². The van der Waals surface area contributed by atoms with Crippen LogP contribution in [0.5, 0.6) is 0 Å². The van der Waals surface area contributed by atoms with Gasteiger partial charge in [-0.2, -0.15) is 0 Å². The average molecular weight is 288 g/mol. The average Bonchev–Trinajstić information content (AvgIpc) is 2.98. The molecule has 0 aromatic heterocycles. The van der Waals surface area contributed by atoms with Crippen molar-refractivity contribution in [3.05, 3.63) is 35.9 Å². The number of nitrogens with zero attached hydrogens (tertiary/aromatic N) is 1. The van der Waals surface area contributed by atoms with E-state index in [2.05, 4.69) is 26.0 Å². The molecule has 1 aromatic rings. The summed E-state index contributed by atoms with van der Waals surface area (Å²) in [7, 11) is 0. The third-order valence-corrected chi connectivity index (χ3v) is 5.21. The fourth-order valence-electron chi connectivity index (χ4n) is 3.38. The summed E-state index contributed by atoms with van der Waals surface area (Å²) in [5.41, 5.74) is 7.40. The van der Waals surface area contributed by atoms with Gasteiger partial charge in [-0.05, 0) is 36.7 Å². The molecule has 2 N–H and O–H groups in total. The Hall–Kier alpha value is -1.35.